The molecule has 0 bridgehead atoms. The Hall–Kier alpha value is -2.95. The highest BCUT2D eigenvalue weighted by Gasteiger charge is 2.07. The van der Waals surface area contributed by atoms with Crippen LogP contribution >= 0.6 is 0 Å². The Morgan fingerprint density at radius 3 is 2.48 bits per heavy atom. The minimum Gasteiger partial charge on any atom is -0.490 e. The Labute approximate surface area is 148 Å². The van der Waals surface area contributed by atoms with Gasteiger partial charge in [-0.2, -0.15) is 0 Å². The van der Waals surface area contributed by atoms with Gasteiger partial charge in [0.1, 0.15) is 19.0 Å². The standard InChI is InChI=1S/C20H23NO4/c1-3-7-17-8-5-6-9-18(17)24-12-13-25-19-11-10-16(15-21-22)14-20(19)23-4-2/h3,5-6,8-11,14-15,22H,1,4,7,12-13H2,2H3. The number of benzene rings is 2. The third-order valence-electron chi connectivity index (χ3n) is 3.41. The van der Waals surface area contributed by atoms with Gasteiger partial charge in [-0.25, -0.2) is 0 Å². The molecule has 0 aliphatic carbocycles. The lowest BCUT2D eigenvalue weighted by Crippen LogP contribution is -2.10. The number of rotatable bonds is 10. The maximum Gasteiger partial charge on any atom is 0.161 e. The molecule has 0 atom stereocenters. The van der Waals surface area contributed by atoms with Crippen molar-refractivity contribution in [2.75, 3.05) is 19.8 Å². The van der Waals surface area contributed by atoms with Gasteiger partial charge in [-0.15, -0.1) is 6.58 Å². The largest absolute Gasteiger partial charge is 0.490 e. The van der Waals surface area contributed by atoms with Crippen LogP contribution in [0.25, 0.3) is 0 Å². The molecule has 0 radical (unpaired) electrons. The quantitative estimate of drug-likeness (QED) is 0.233. The fourth-order valence-corrected chi connectivity index (χ4v) is 2.33. The highest BCUT2D eigenvalue weighted by Crippen LogP contribution is 2.28. The maximum atomic E-state index is 8.63. The summed E-state index contributed by atoms with van der Waals surface area (Å²) in [5.74, 6) is 2.07. The second-order valence-corrected chi connectivity index (χ2v) is 5.18. The van der Waals surface area contributed by atoms with E-state index in [9.17, 15) is 0 Å². The lowest BCUT2D eigenvalue weighted by atomic mass is 10.1. The summed E-state index contributed by atoms with van der Waals surface area (Å²) < 4.78 is 17.1. The molecule has 2 rings (SSSR count). The van der Waals surface area contributed by atoms with Crippen LogP contribution in [0.3, 0.4) is 0 Å². The average Bonchev–Trinajstić information content (AvgIpc) is 2.62. The van der Waals surface area contributed by atoms with E-state index in [4.69, 9.17) is 19.4 Å². The number of hydrogen-bond acceptors (Lipinski definition) is 5. The molecule has 2 aromatic carbocycles. The molecule has 0 heterocycles. The van der Waals surface area contributed by atoms with E-state index in [0.29, 0.717) is 31.3 Å². The summed E-state index contributed by atoms with van der Waals surface area (Å²) in [7, 11) is 0. The maximum absolute atomic E-state index is 8.63. The second kappa shape index (κ2) is 10.0. The third-order valence-corrected chi connectivity index (χ3v) is 3.41. The summed E-state index contributed by atoms with van der Waals surface area (Å²) in [5.41, 5.74) is 1.83. The van der Waals surface area contributed by atoms with Crippen LogP contribution in [0.4, 0.5) is 0 Å². The molecule has 25 heavy (non-hydrogen) atoms. The van der Waals surface area contributed by atoms with Gasteiger partial charge in [0.2, 0.25) is 0 Å². The smallest absolute Gasteiger partial charge is 0.161 e. The number of para-hydroxylation sites is 1. The zero-order valence-corrected chi connectivity index (χ0v) is 14.4. The predicted molar refractivity (Wildman–Crippen MR) is 98.3 cm³/mol. The van der Waals surface area contributed by atoms with E-state index in [0.717, 1.165) is 23.3 Å². The first-order valence-corrected chi connectivity index (χ1v) is 8.17. The van der Waals surface area contributed by atoms with Crippen LogP contribution in [0.5, 0.6) is 17.2 Å². The lowest BCUT2D eigenvalue weighted by molar-refractivity contribution is 0.207. The summed E-state index contributed by atoms with van der Waals surface area (Å²) in [6, 6.07) is 13.2. The fourth-order valence-electron chi connectivity index (χ4n) is 2.33. The summed E-state index contributed by atoms with van der Waals surface area (Å²) in [6.07, 6.45) is 3.95. The Bertz CT molecular complexity index is 713. The number of allylic oxidation sites excluding steroid dienone is 1. The lowest BCUT2D eigenvalue weighted by Gasteiger charge is -2.14. The minimum atomic E-state index is 0.385. The molecule has 0 saturated carbocycles. The van der Waals surface area contributed by atoms with Crippen molar-refractivity contribution in [1.82, 2.24) is 0 Å². The van der Waals surface area contributed by atoms with Crippen LogP contribution in [-0.4, -0.2) is 31.2 Å². The van der Waals surface area contributed by atoms with Crippen LogP contribution in [0.2, 0.25) is 0 Å². The van der Waals surface area contributed by atoms with Crippen molar-refractivity contribution in [3.8, 4) is 17.2 Å². The molecule has 5 nitrogen and oxygen atoms in total. The molecule has 0 aromatic heterocycles. The molecule has 5 heteroatoms. The van der Waals surface area contributed by atoms with E-state index < -0.39 is 0 Å². The number of ether oxygens (including phenoxy) is 3. The molecular weight excluding hydrogens is 318 g/mol. The van der Waals surface area contributed by atoms with E-state index in [1.165, 1.54) is 6.21 Å². The van der Waals surface area contributed by atoms with Gasteiger partial charge in [-0.05, 0) is 43.2 Å². The van der Waals surface area contributed by atoms with Crippen molar-refractivity contribution in [2.45, 2.75) is 13.3 Å². The molecular formula is C20H23NO4. The van der Waals surface area contributed by atoms with Gasteiger partial charge < -0.3 is 19.4 Å². The molecule has 1 N–H and O–H groups in total. The van der Waals surface area contributed by atoms with Crippen LogP contribution in [-0.2, 0) is 6.42 Å². The van der Waals surface area contributed by atoms with Gasteiger partial charge in [-0.1, -0.05) is 29.4 Å². The van der Waals surface area contributed by atoms with E-state index in [2.05, 4.69) is 11.7 Å². The van der Waals surface area contributed by atoms with Crippen molar-refractivity contribution in [2.24, 2.45) is 5.16 Å². The van der Waals surface area contributed by atoms with Crippen molar-refractivity contribution in [3.05, 3.63) is 66.2 Å². The summed E-state index contributed by atoms with van der Waals surface area (Å²) in [6.45, 7) is 6.98. The zero-order valence-electron chi connectivity index (χ0n) is 14.4. The normalized spacial score (nSPS) is 10.6. The van der Waals surface area contributed by atoms with Gasteiger partial charge >= 0.3 is 0 Å². The Morgan fingerprint density at radius 1 is 1.00 bits per heavy atom. The molecule has 0 fully saturated rings. The van der Waals surface area contributed by atoms with E-state index in [1.807, 2.05) is 37.3 Å². The molecule has 0 aliphatic heterocycles. The van der Waals surface area contributed by atoms with Gasteiger partial charge in [0, 0.05) is 5.56 Å². The molecule has 0 unspecified atom stereocenters. The topological polar surface area (TPSA) is 60.3 Å². The van der Waals surface area contributed by atoms with Crippen LogP contribution in [0.1, 0.15) is 18.1 Å². The Morgan fingerprint density at radius 2 is 1.76 bits per heavy atom. The van der Waals surface area contributed by atoms with E-state index in [-0.39, 0.29) is 0 Å². The molecule has 132 valence electrons. The summed E-state index contributed by atoms with van der Waals surface area (Å²) in [4.78, 5) is 0. The van der Waals surface area contributed by atoms with Crippen molar-refractivity contribution >= 4 is 6.21 Å². The van der Waals surface area contributed by atoms with E-state index >= 15 is 0 Å². The van der Waals surface area contributed by atoms with Gasteiger partial charge in [0.25, 0.3) is 0 Å². The SMILES string of the molecule is C=CCc1ccccc1OCCOc1ccc(C=NO)cc1OCC. The zero-order chi connectivity index (χ0) is 17.9. The molecule has 0 aliphatic rings. The van der Waals surface area contributed by atoms with Crippen molar-refractivity contribution in [3.63, 3.8) is 0 Å². The predicted octanol–water partition coefficient (Wildman–Crippen LogP) is 4.08. The van der Waals surface area contributed by atoms with E-state index in [1.54, 1.807) is 18.2 Å². The molecule has 0 amide bonds. The molecule has 0 spiro atoms. The number of hydrogen-bond donors (Lipinski definition) is 1. The molecule has 2 aromatic rings. The van der Waals surface area contributed by atoms with Crippen LogP contribution in [0.15, 0.2) is 60.3 Å². The first-order valence-electron chi connectivity index (χ1n) is 8.17. The Kier molecular flexibility index (Phi) is 7.38. The number of oxime groups is 1. The van der Waals surface area contributed by atoms with Crippen molar-refractivity contribution in [1.29, 1.82) is 0 Å². The molecule has 0 saturated heterocycles. The number of nitrogens with zero attached hydrogens (tertiary/aromatic N) is 1. The third kappa shape index (κ3) is 5.57. The first kappa shape index (κ1) is 18.4. The van der Waals surface area contributed by atoms with Crippen LogP contribution < -0.4 is 14.2 Å². The first-order chi connectivity index (χ1) is 12.3. The van der Waals surface area contributed by atoms with Gasteiger partial charge in [0.15, 0.2) is 11.5 Å². The van der Waals surface area contributed by atoms with Gasteiger partial charge in [0.05, 0.1) is 12.8 Å². The monoisotopic (exact) mass is 341 g/mol. The summed E-state index contributed by atoms with van der Waals surface area (Å²) >= 11 is 0. The minimum absolute atomic E-state index is 0.385. The highest BCUT2D eigenvalue weighted by molar-refractivity contribution is 5.80. The fraction of sp³-hybridized carbons (Fsp3) is 0.250. The van der Waals surface area contributed by atoms with Crippen molar-refractivity contribution < 1.29 is 19.4 Å². The Balaban J connectivity index is 1.94. The average molecular weight is 341 g/mol. The summed E-state index contributed by atoms with van der Waals surface area (Å²) in [5, 5.41) is 11.6. The van der Waals surface area contributed by atoms with Crippen LogP contribution in [0, 0.1) is 0 Å². The highest BCUT2D eigenvalue weighted by atomic mass is 16.5. The second-order valence-electron chi connectivity index (χ2n) is 5.18. The van der Waals surface area contributed by atoms with Gasteiger partial charge in [-0.3, -0.25) is 0 Å².